The fraction of sp³-hybridized carbons (Fsp3) is 0.682. The molecule has 1 saturated heterocycles. The number of nitrogens with one attached hydrogen (secondary N) is 4. The summed E-state index contributed by atoms with van der Waals surface area (Å²) in [6, 6.07) is 0.377. The molecule has 0 unspecified atom stereocenters. The average molecular weight is 434 g/mol. The van der Waals surface area contributed by atoms with Gasteiger partial charge in [-0.15, -0.1) is 11.3 Å². The van der Waals surface area contributed by atoms with Gasteiger partial charge in [0.05, 0.1) is 5.39 Å². The summed E-state index contributed by atoms with van der Waals surface area (Å²) >= 11 is 1.60. The van der Waals surface area contributed by atoms with E-state index in [4.69, 9.17) is 4.98 Å². The predicted octanol–water partition coefficient (Wildman–Crippen LogP) is -0.420. The molecule has 7 nitrogen and oxygen atoms in total. The molecule has 30 heavy (non-hydrogen) atoms. The maximum absolute atomic E-state index is 12.5. The number of aromatic nitrogens is 2. The van der Waals surface area contributed by atoms with E-state index < -0.39 is 0 Å². The fourth-order valence-electron chi connectivity index (χ4n) is 4.84. The zero-order valence-corrected chi connectivity index (χ0v) is 19.2. The highest BCUT2D eigenvalue weighted by Crippen LogP contribution is 2.25. The monoisotopic (exact) mass is 433 g/mol. The summed E-state index contributed by atoms with van der Waals surface area (Å²) in [6.45, 7) is 11.6. The van der Waals surface area contributed by atoms with Crippen LogP contribution in [0.1, 0.15) is 48.9 Å². The van der Waals surface area contributed by atoms with Gasteiger partial charge in [-0.3, -0.25) is 9.59 Å². The molecule has 2 aliphatic rings. The van der Waals surface area contributed by atoms with Crippen LogP contribution in [0.15, 0.2) is 4.79 Å². The summed E-state index contributed by atoms with van der Waals surface area (Å²) in [7, 11) is 0. The summed E-state index contributed by atoms with van der Waals surface area (Å²) in [5.41, 5.74) is 1.02. The number of aromatic amines is 1. The summed E-state index contributed by atoms with van der Waals surface area (Å²) in [5, 5.41) is 3.99. The maximum atomic E-state index is 12.5. The van der Waals surface area contributed by atoms with Crippen LogP contribution in [0.25, 0.3) is 10.2 Å². The molecule has 0 radical (unpaired) electrons. The fourth-order valence-corrected chi connectivity index (χ4v) is 5.89. The Kier molecular flexibility index (Phi) is 6.55. The number of aryl methyl sites for hydroxylation is 2. The van der Waals surface area contributed by atoms with Crippen molar-refractivity contribution in [2.24, 2.45) is 5.92 Å². The van der Waals surface area contributed by atoms with Gasteiger partial charge >= 0.3 is 0 Å². The standard InChI is InChI=1S/C22H33N5O2S/c1-14-4-6-17(7-5-14)23-19(28)13-27-10-8-26(9-11-27)12-18-24-21(29)20-15(2)16(3)30-22(20)25-18/h14,17H,4-13H2,1-3H3,(H,23,28)(H,24,25,29)/p+2. The topological polar surface area (TPSA) is 83.7 Å². The molecular formula is C22H35N5O2S+2. The quantitative estimate of drug-likeness (QED) is 0.517. The Morgan fingerprint density at radius 1 is 1.13 bits per heavy atom. The van der Waals surface area contributed by atoms with Crippen molar-refractivity contribution >= 4 is 27.5 Å². The minimum absolute atomic E-state index is 0.0192. The number of hydrogen-bond acceptors (Lipinski definition) is 4. The number of rotatable bonds is 5. The summed E-state index contributed by atoms with van der Waals surface area (Å²) in [6.07, 6.45) is 4.71. The Labute approximate surface area is 181 Å². The van der Waals surface area contributed by atoms with Crippen molar-refractivity contribution in [2.75, 3.05) is 32.7 Å². The minimum atomic E-state index is -0.0192. The minimum Gasteiger partial charge on any atom is -0.348 e. The largest absolute Gasteiger partial charge is 0.348 e. The molecule has 1 saturated carbocycles. The second-order valence-corrected chi connectivity index (χ2v) is 10.6. The second kappa shape index (κ2) is 9.16. The van der Waals surface area contributed by atoms with E-state index in [1.807, 2.05) is 13.8 Å². The highest BCUT2D eigenvalue weighted by molar-refractivity contribution is 7.18. The molecule has 8 heteroatoms. The molecule has 4 rings (SSSR count). The van der Waals surface area contributed by atoms with Crippen molar-refractivity contribution < 1.29 is 14.6 Å². The number of H-pyrrole nitrogens is 1. The van der Waals surface area contributed by atoms with E-state index in [1.54, 1.807) is 11.3 Å². The van der Waals surface area contributed by atoms with E-state index in [-0.39, 0.29) is 11.5 Å². The van der Waals surface area contributed by atoms with Gasteiger partial charge in [0.1, 0.15) is 37.6 Å². The van der Waals surface area contributed by atoms with E-state index >= 15 is 0 Å². The van der Waals surface area contributed by atoms with Gasteiger partial charge < -0.3 is 20.1 Å². The Balaban J connectivity index is 1.26. The van der Waals surface area contributed by atoms with Gasteiger partial charge in [0.15, 0.2) is 12.4 Å². The summed E-state index contributed by atoms with van der Waals surface area (Å²) in [4.78, 5) is 37.4. The van der Waals surface area contributed by atoms with Crippen LogP contribution < -0.4 is 20.7 Å². The molecule has 0 bridgehead atoms. The first-order valence-corrected chi connectivity index (χ1v) is 12.2. The smallest absolute Gasteiger partial charge is 0.275 e. The third kappa shape index (κ3) is 4.92. The average Bonchev–Trinajstić information content (AvgIpc) is 2.99. The Morgan fingerprint density at radius 2 is 1.80 bits per heavy atom. The van der Waals surface area contributed by atoms with Crippen LogP contribution in [-0.2, 0) is 11.3 Å². The Morgan fingerprint density at radius 3 is 2.50 bits per heavy atom. The van der Waals surface area contributed by atoms with Gasteiger partial charge in [-0.25, -0.2) is 4.98 Å². The highest BCUT2D eigenvalue weighted by atomic mass is 32.1. The van der Waals surface area contributed by atoms with Crippen molar-refractivity contribution in [3.63, 3.8) is 0 Å². The predicted molar refractivity (Wildman–Crippen MR) is 119 cm³/mol. The Bertz CT molecular complexity index is 952. The lowest BCUT2D eigenvalue weighted by atomic mass is 9.87. The van der Waals surface area contributed by atoms with Gasteiger partial charge in [0.2, 0.25) is 0 Å². The van der Waals surface area contributed by atoms with Gasteiger partial charge in [-0.05, 0) is 51.0 Å². The molecule has 4 N–H and O–H groups in total. The van der Waals surface area contributed by atoms with Crippen molar-refractivity contribution in [2.45, 2.75) is 59.0 Å². The number of piperazine rings is 1. The van der Waals surface area contributed by atoms with Crippen LogP contribution in [0.2, 0.25) is 0 Å². The van der Waals surface area contributed by atoms with Crippen LogP contribution in [-0.4, -0.2) is 54.6 Å². The number of thiophene rings is 1. The van der Waals surface area contributed by atoms with E-state index in [1.165, 1.54) is 22.6 Å². The zero-order chi connectivity index (χ0) is 21.3. The molecule has 2 aromatic rings. The highest BCUT2D eigenvalue weighted by Gasteiger charge is 2.27. The van der Waals surface area contributed by atoms with Crippen molar-refractivity contribution in [3.8, 4) is 0 Å². The van der Waals surface area contributed by atoms with E-state index in [2.05, 4.69) is 17.2 Å². The van der Waals surface area contributed by atoms with Crippen LogP contribution in [0.4, 0.5) is 0 Å². The SMILES string of the molecule is Cc1sc2nc(C[NH+]3CC[NH+](CC(=O)NC4CCC(C)CC4)CC3)[nH]c(=O)c2c1C. The molecule has 0 aromatic carbocycles. The summed E-state index contributed by atoms with van der Waals surface area (Å²) in [5.74, 6) is 1.78. The van der Waals surface area contributed by atoms with Crippen molar-refractivity contribution in [1.29, 1.82) is 0 Å². The third-order valence-corrected chi connectivity index (χ3v) is 8.06. The lowest BCUT2D eigenvalue weighted by Crippen LogP contribution is -3.28. The lowest BCUT2D eigenvalue weighted by molar-refractivity contribution is -1.02. The van der Waals surface area contributed by atoms with Gasteiger partial charge in [0, 0.05) is 10.9 Å². The number of nitrogens with zero attached hydrogens (tertiary/aromatic N) is 1. The summed E-state index contributed by atoms with van der Waals surface area (Å²) < 4.78 is 0. The molecule has 0 spiro atoms. The van der Waals surface area contributed by atoms with Gasteiger partial charge in [0.25, 0.3) is 11.5 Å². The first-order chi connectivity index (χ1) is 14.4. The van der Waals surface area contributed by atoms with E-state index in [0.29, 0.717) is 12.6 Å². The maximum Gasteiger partial charge on any atom is 0.275 e. The zero-order valence-electron chi connectivity index (χ0n) is 18.4. The second-order valence-electron chi connectivity index (χ2n) is 9.35. The van der Waals surface area contributed by atoms with Crippen LogP contribution in [0.3, 0.4) is 0 Å². The first-order valence-electron chi connectivity index (χ1n) is 11.3. The van der Waals surface area contributed by atoms with Crippen molar-refractivity contribution in [1.82, 2.24) is 15.3 Å². The number of carbonyl (C=O) groups excluding carboxylic acids is 1. The lowest BCUT2D eigenvalue weighted by Gasteiger charge is -2.30. The Hall–Kier alpha value is -1.77. The van der Waals surface area contributed by atoms with Gasteiger partial charge in [-0.1, -0.05) is 6.92 Å². The molecular weight excluding hydrogens is 398 g/mol. The van der Waals surface area contributed by atoms with Crippen LogP contribution in [0.5, 0.6) is 0 Å². The number of carbonyl (C=O) groups is 1. The molecule has 2 aromatic heterocycles. The van der Waals surface area contributed by atoms with Crippen molar-refractivity contribution in [3.05, 3.63) is 26.6 Å². The molecule has 0 atom stereocenters. The van der Waals surface area contributed by atoms with E-state index in [0.717, 1.165) is 78.0 Å². The molecule has 3 heterocycles. The third-order valence-electron chi connectivity index (χ3n) is 6.96. The number of amides is 1. The molecule has 1 aliphatic heterocycles. The van der Waals surface area contributed by atoms with Crippen LogP contribution >= 0.6 is 11.3 Å². The van der Waals surface area contributed by atoms with Crippen LogP contribution in [0, 0.1) is 19.8 Å². The molecule has 164 valence electrons. The van der Waals surface area contributed by atoms with Gasteiger partial charge in [-0.2, -0.15) is 0 Å². The molecule has 2 fully saturated rings. The number of hydrogen-bond donors (Lipinski definition) is 4. The normalized spacial score (nSPS) is 27.3. The molecule has 1 aliphatic carbocycles. The molecule has 1 amide bonds. The number of fused-ring (bicyclic) bond motifs is 1. The van der Waals surface area contributed by atoms with E-state index in [9.17, 15) is 9.59 Å². The first kappa shape index (κ1) is 21.5. The number of quaternary nitrogens is 2.